The Kier molecular flexibility index (Phi) is 5.05. The first-order valence-electron chi connectivity index (χ1n) is 9.77. The van der Waals surface area contributed by atoms with E-state index >= 15 is 0 Å². The van der Waals surface area contributed by atoms with Crippen LogP contribution >= 0.6 is 22.7 Å². The van der Waals surface area contributed by atoms with Crippen molar-refractivity contribution in [2.75, 3.05) is 18.0 Å². The van der Waals surface area contributed by atoms with Crippen LogP contribution < -0.4 is 10.5 Å². The van der Waals surface area contributed by atoms with E-state index in [2.05, 4.69) is 15.0 Å². The van der Waals surface area contributed by atoms with E-state index < -0.39 is 17.3 Å². The van der Waals surface area contributed by atoms with Crippen molar-refractivity contribution >= 4 is 38.0 Å². The Morgan fingerprint density at radius 1 is 1.10 bits per heavy atom. The van der Waals surface area contributed by atoms with Gasteiger partial charge in [0, 0.05) is 13.1 Å². The van der Waals surface area contributed by atoms with Gasteiger partial charge in [-0.05, 0) is 42.0 Å². The van der Waals surface area contributed by atoms with Gasteiger partial charge >= 0.3 is 6.18 Å². The lowest BCUT2D eigenvalue weighted by Gasteiger charge is -2.11. The molecule has 0 N–H and O–H groups in total. The number of fused-ring (bicyclic) bond motifs is 1. The zero-order valence-corrected chi connectivity index (χ0v) is 17.9. The highest BCUT2D eigenvalue weighted by Gasteiger charge is 2.30. The maximum atomic E-state index is 13.2. The molecule has 0 unspecified atom stereocenters. The SMILES string of the molecule is O=c1c2nc(N3CCCC3)sc2c(-c2cccs2)nn1Cc1cccc(C(F)(F)F)c1. The summed E-state index contributed by atoms with van der Waals surface area (Å²) in [6.07, 6.45) is -2.27. The van der Waals surface area contributed by atoms with E-state index in [0.717, 1.165) is 52.8 Å². The van der Waals surface area contributed by atoms with Gasteiger partial charge in [0.2, 0.25) is 0 Å². The fraction of sp³-hybridized carbons (Fsp3) is 0.286. The Bertz CT molecular complexity index is 1290. The molecule has 1 saturated heterocycles. The summed E-state index contributed by atoms with van der Waals surface area (Å²) in [5.74, 6) is 0. The standard InChI is InChI=1S/C21H17F3N4OS2/c22-21(23,24)14-6-3-5-13(11-14)12-28-19(29)17-18(16(26-28)15-7-4-10-30-15)31-20(25-17)27-8-1-2-9-27/h3-7,10-11H,1-2,8-9,12H2. The number of halogens is 3. The molecule has 0 spiro atoms. The van der Waals surface area contributed by atoms with E-state index in [1.807, 2.05) is 17.5 Å². The Morgan fingerprint density at radius 3 is 2.61 bits per heavy atom. The van der Waals surface area contributed by atoms with Crippen LogP contribution in [0.4, 0.5) is 18.3 Å². The molecule has 4 heterocycles. The zero-order valence-electron chi connectivity index (χ0n) is 16.2. The molecule has 1 aliphatic rings. The van der Waals surface area contributed by atoms with Crippen LogP contribution in [0.5, 0.6) is 0 Å². The van der Waals surface area contributed by atoms with Gasteiger partial charge in [-0.2, -0.15) is 18.3 Å². The number of hydrogen-bond acceptors (Lipinski definition) is 6. The molecule has 0 radical (unpaired) electrons. The van der Waals surface area contributed by atoms with Gasteiger partial charge in [0.05, 0.1) is 21.7 Å². The van der Waals surface area contributed by atoms with Gasteiger partial charge in [-0.25, -0.2) is 9.67 Å². The van der Waals surface area contributed by atoms with Crippen molar-refractivity contribution in [1.82, 2.24) is 14.8 Å². The van der Waals surface area contributed by atoms with Crippen molar-refractivity contribution < 1.29 is 13.2 Å². The minimum absolute atomic E-state index is 0.0619. The van der Waals surface area contributed by atoms with Crippen molar-refractivity contribution in [1.29, 1.82) is 0 Å². The van der Waals surface area contributed by atoms with E-state index in [-0.39, 0.29) is 6.54 Å². The third kappa shape index (κ3) is 3.85. The van der Waals surface area contributed by atoms with E-state index in [0.29, 0.717) is 16.8 Å². The molecule has 0 aliphatic carbocycles. The van der Waals surface area contributed by atoms with Crippen LogP contribution in [0.25, 0.3) is 20.8 Å². The fourth-order valence-corrected chi connectivity index (χ4v) is 5.58. The Labute approximate surface area is 183 Å². The third-order valence-electron chi connectivity index (χ3n) is 5.21. The van der Waals surface area contributed by atoms with E-state index in [1.54, 1.807) is 6.07 Å². The van der Waals surface area contributed by atoms with Crippen LogP contribution in [-0.4, -0.2) is 27.9 Å². The Balaban J connectivity index is 1.63. The number of thiazole rings is 1. The molecule has 160 valence electrons. The number of benzene rings is 1. The number of aromatic nitrogens is 3. The van der Waals surface area contributed by atoms with Crippen LogP contribution in [0, 0.1) is 0 Å². The lowest BCUT2D eigenvalue weighted by Crippen LogP contribution is -2.24. The summed E-state index contributed by atoms with van der Waals surface area (Å²) < 4.78 is 41.2. The molecule has 4 aromatic rings. The monoisotopic (exact) mass is 462 g/mol. The Hall–Kier alpha value is -2.72. The number of alkyl halides is 3. The predicted octanol–water partition coefficient (Wildman–Crippen LogP) is 5.25. The van der Waals surface area contributed by atoms with Gasteiger partial charge in [0.25, 0.3) is 5.56 Å². The van der Waals surface area contributed by atoms with Crippen molar-refractivity contribution in [2.45, 2.75) is 25.6 Å². The summed E-state index contributed by atoms with van der Waals surface area (Å²) in [4.78, 5) is 20.8. The fourth-order valence-electron chi connectivity index (χ4n) is 3.69. The smallest absolute Gasteiger partial charge is 0.348 e. The Morgan fingerprint density at radius 2 is 1.90 bits per heavy atom. The van der Waals surface area contributed by atoms with Gasteiger partial charge < -0.3 is 4.90 Å². The number of hydrogen-bond donors (Lipinski definition) is 0. The summed E-state index contributed by atoms with van der Waals surface area (Å²) in [6.45, 7) is 1.74. The molecular weight excluding hydrogens is 445 g/mol. The lowest BCUT2D eigenvalue weighted by molar-refractivity contribution is -0.137. The molecule has 5 nitrogen and oxygen atoms in total. The largest absolute Gasteiger partial charge is 0.416 e. The maximum Gasteiger partial charge on any atom is 0.416 e. The summed E-state index contributed by atoms with van der Waals surface area (Å²) in [5.41, 5.74) is 0.171. The average molecular weight is 463 g/mol. The number of anilines is 1. The normalized spacial score (nSPS) is 14.6. The van der Waals surface area contributed by atoms with E-state index in [4.69, 9.17) is 0 Å². The van der Waals surface area contributed by atoms with Gasteiger partial charge in [0.15, 0.2) is 10.6 Å². The first-order chi connectivity index (χ1) is 14.9. The first kappa shape index (κ1) is 20.2. The van der Waals surface area contributed by atoms with Crippen LogP contribution in [0.3, 0.4) is 0 Å². The van der Waals surface area contributed by atoms with Gasteiger partial charge in [-0.3, -0.25) is 4.79 Å². The molecule has 0 amide bonds. The van der Waals surface area contributed by atoms with Crippen LogP contribution in [-0.2, 0) is 12.7 Å². The molecule has 31 heavy (non-hydrogen) atoms. The van der Waals surface area contributed by atoms with Crippen LogP contribution in [0.2, 0.25) is 0 Å². The summed E-state index contributed by atoms with van der Waals surface area (Å²) >= 11 is 2.95. The quantitative estimate of drug-likeness (QED) is 0.416. The molecule has 0 bridgehead atoms. The van der Waals surface area contributed by atoms with Gasteiger partial charge in [0.1, 0.15) is 5.69 Å². The summed E-state index contributed by atoms with van der Waals surface area (Å²) in [5, 5.41) is 7.27. The highest BCUT2D eigenvalue weighted by molar-refractivity contribution is 7.23. The minimum atomic E-state index is -4.44. The number of nitrogens with zero attached hydrogens (tertiary/aromatic N) is 4. The van der Waals surface area contributed by atoms with Gasteiger partial charge in [-0.1, -0.05) is 29.5 Å². The predicted molar refractivity (Wildman–Crippen MR) is 117 cm³/mol. The second-order valence-electron chi connectivity index (χ2n) is 7.36. The number of thiophene rings is 1. The van der Waals surface area contributed by atoms with Crippen molar-refractivity contribution in [3.05, 3.63) is 63.3 Å². The molecule has 0 saturated carbocycles. The molecule has 10 heteroatoms. The third-order valence-corrected chi connectivity index (χ3v) is 7.21. The molecule has 1 aromatic carbocycles. The molecule has 3 aromatic heterocycles. The number of rotatable bonds is 4. The zero-order chi connectivity index (χ0) is 21.6. The average Bonchev–Trinajstić information content (AvgIpc) is 3.51. The van der Waals surface area contributed by atoms with Crippen molar-refractivity contribution in [2.24, 2.45) is 0 Å². The molecule has 1 aliphatic heterocycles. The topological polar surface area (TPSA) is 51.0 Å². The van der Waals surface area contributed by atoms with Crippen LogP contribution in [0.15, 0.2) is 46.6 Å². The second-order valence-corrected chi connectivity index (χ2v) is 9.28. The summed E-state index contributed by atoms with van der Waals surface area (Å²) in [7, 11) is 0. The highest BCUT2D eigenvalue weighted by atomic mass is 32.1. The molecule has 0 atom stereocenters. The van der Waals surface area contributed by atoms with Crippen molar-refractivity contribution in [3.8, 4) is 10.6 Å². The van der Waals surface area contributed by atoms with Crippen molar-refractivity contribution in [3.63, 3.8) is 0 Å². The lowest BCUT2D eigenvalue weighted by atomic mass is 10.1. The van der Waals surface area contributed by atoms with Crippen LogP contribution in [0.1, 0.15) is 24.0 Å². The van der Waals surface area contributed by atoms with E-state index in [1.165, 1.54) is 33.4 Å². The van der Waals surface area contributed by atoms with Gasteiger partial charge in [-0.15, -0.1) is 11.3 Å². The first-order valence-corrected chi connectivity index (χ1v) is 11.5. The molecule has 1 fully saturated rings. The summed E-state index contributed by atoms with van der Waals surface area (Å²) in [6, 6.07) is 8.80. The highest BCUT2D eigenvalue weighted by Crippen LogP contribution is 2.36. The maximum absolute atomic E-state index is 13.2. The minimum Gasteiger partial charge on any atom is -0.348 e. The van der Waals surface area contributed by atoms with E-state index in [9.17, 15) is 18.0 Å². The molecular formula is C21H17F3N4OS2. The second kappa shape index (κ2) is 7.76. The molecule has 5 rings (SSSR count).